The maximum Gasteiger partial charge on any atom is 0.289 e. The predicted molar refractivity (Wildman–Crippen MR) is 94.1 cm³/mol. The van der Waals surface area contributed by atoms with Gasteiger partial charge in [0.1, 0.15) is 5.02 Å². The van der Waals surface area contributed by atoms with Gasteiger partial charge in [0.05, 0.1) is 17.2 Å². The molecule has 2 aromatic rings. The molecule has 120 valence electrons. The summed E-state index contributed by atoms with van der Waals surface area (Å²) in [5.41, 5.74) is 1.96. The monoisotopic (exact) mass is 397 g/mol. The number of amides is 1. The number of hydrogen-bond donors (Lipinski definition) is 2. The molecule has 2 rings (SSSR count). The third kappa shape index (κ3) is 4.67. The van der Waals surface area contributed by atoms with Crippen LogP contribution in [-0.2, 0) is 4.79 Å². The van der Waals surface area contributed by atoms with Gasteiger partial charge in [0, 0.05) is 16.2 Å². The minimum atomic E-state index is -0.572. The number of rotatable bonds is 5. The molecule has 0 aliphatic heterocycles. The Bertz CT molecular complexity index is 768. The Kier molecular flexibility index (Phi) is 5.57. The van der Waals surface area contributed by atoms with Crippen molar-refractivity contribution in [3.63, 3.8) is 0 Å². The van der Waals surface area contributed by atoms with E-state index in [0.717, 1.165) is 10.0 Å². The van der Waals surface area contributed by atoms with Crippen molar-refractivity contribution < 1.29 is 9.72 Å². The molecule has 0 saturated heterocycles. The number of nitrogens with zero attached hydrogens (tertiary/aromatic N) is 1. The first-order chi connectivity index (χ1) is 10.9. The Balaban J connectivity index is 1.99. The molecule has 8 heteroatoms. The second-order valence-electron chi connectivity index (χ2n) is 4.81. The summed E-state index contributed by atoms with van der Waals surface area (Å²) in [5, 5.41) is 16.5. The van der Waals surface area contributed by atoms with E-state index >= 15 is 0 Å². The van der Waals surface area contributed by atoms with E-state index in [9.17, 15) is 14.9 Å². The van der Waals surface area contributed by atoms with Crippen molar-refractivity contribution >= 4 is 50.5 Å². The predicted octanol–water partition coefficient (Wildman–Crippen LogP) is 4.37. The van der Waals surface area contributed by atoms with Gasteiger partial charge < -0.3 is 10.6 Å². The average Bonchev–Trinajstić information content (AvgIpc) is 2.49. The van der Waals surface area contributed by atoms with Crippen molar-refractivity contribution in [2.75, 3.05) is 17.2 Å². The first-order valence-electron chi connectivity index (χ1n) is 6.60. The summed E-state index contributed by atoms with van der Waals surface area (Å²) in [6.45, 7) is 1.92. The number of carbonyl (C=O) groups excluding carboxylic acids is 1. The molecule has 0 aromatic heterocycles. The second kappa shape index (κ2) is 7.43. The van der Waals surface area contributed by atoms with Crippen LogP contribution in [0.15, 0.2) is 40.9 Å². The van der Waals surface area contributed by atoms with Gasteiger partial charge in [-0.2, -0.15) is 0 Å². The van der Waals surface area contributed by atoms with Crippen LogP contribution in [-0.4, -0.2) is 17.4 Å². The van der Waals surface area contributed by atoms with Crippen LogP contribution in [0.4, 0.5) is 17.1 Å². The Labute approximate surface area is 146 Å². The van der Waals surface area contributed by atoms with Crippen molar-refractivity contribution in [3.05, 3.63) is 61.6 Å². The van der Waals surface area contributed by atoms with E-state index in [2.05, 4.69) is 26.6 Å². The number of aryl methyl sites for hydroxylation is 1. The molecular weight excluding hydrogens is 386 g/mol. The number of halogens is 2. The zero-order valence-corrected chi connectivity index (χ0v) is 14.4. The van der Waals surface area contributed by atoms with Crippen LogP contribution in [0.3, 0.4) is 0 Å². The van der Waals surface area contributed by atoms with Gasteiger partial charge >= 0.3 is 0 Å². The summed E-state index contributed by atoms with van der Waals surface area (Å²) in [5.74, 6) is -0.271. The molecule has 0 atom stereocenters. The molecule has 0 radical (unpaired) electrons. The van der Waals surface area contributed by atoms with E-state index in [4.69, 9.17) is 11.6 Å². The molecule has 23 heavy (non-hydrogen) atoms. The number of anilines is 2. The molecule has 0 unspecified atom stereocenters. The molecule has 0 saturated carbocycles. The van der Waals surface area contributed by atoms with Crippen LogP contribution >= 0.6 is 27.5 Å². The van der Waals surface area contributed by atoms with E-state index in [1.807, 2.05) is 19.1 Å². The third-order valence-electron chi connectivity index (χ3n) is 2.99. The summed E-state index contributed by atoms with van der Waals surface area (Å²) in [6.07, 6.45) is 0. The van der Waals surface area contributed by atoms with Crippen LogP contribution in [0.1, 0.15) is 5.56 Å². The summed E-state index contributed by atoms with van der Waals surface area (Å²) in [4.78, 5) is 22.2. The topological polar surface area (TPSA) is 84.3 Å². The molecule has 1 amide bonds. The number of carbonyl (C=O) groups is 1. The van der Waals surface area contributed by atoms with Gasteiger partial charge in [0.25, 0.3) is 5.69 Å². The minimum Gasteiger partial charge on any atom is -0.376 e. The van der Waals surface area contributed by atoms with Crippen LogP contribution in [0.5, 0.6) is 0 Å². The zero-order chi connectivity index (χ0) is 17.0. The molecule has 2 aromatic carbocycles. The number of nitrogens with one attached hydrogen (secondary N) is 2. The average molecular weight is 399 g/mol. The highest BCUT2D eigenvalue weighted by molar-refractivity contribution is 9.10. The first kappa shape index (κ1) is 17.2. The molecule has 0 heterocycles. The van der Waals surface area contributed by atoms with Crippen molar-refractivity contribution in [2.24, 2.45) is 0 Å². The molecule has 2 N–H and O–H groups in total. The highest BCUT2D eigenvalue weighted by Gasteiger charge is 2.13. The highest BCUT2D eigenvalue weighted by atomic mass is 79.9. The SMILES string of the molecule is Cc1ccc(NC(=O)CNc2ccc(Cl)c([N+](=O)[O-])c2)c(Br)c1. The lowest BCUT2D eigenvalue weighted by molar-refractivity contribution is -0.384. The Morgan fingerprint density at radius 3 is 2.70 bits per heavy atom. The van der Waals surface area contributed by atoms with Gasteiger partial charge in [0.2, 0.25) is 5.91 Å². The number of hydrogen-bond acceptors (Lipinski definition) is 4. The quantitative estimate of drug-likeness (QED) is 0.578. The lowest BCUT2D eigenvalue weighted by Crippen LogP contribution is -2.22. The molecule has 0 fully saturated rings. The fraction of sp³-hybridized carbons (Fsp3) is 0.133. The van der Waals surface area contributed by atoms with Crippen LogP contribution < -0.4 is 10.6 Å². The van der Waals surface area contributed by atoms with E-state index in [-0.39, 0.29) is 23.2 Å². The Hall–Kier alpha value is -2.12. The second-order valence-corrected chi connectivity index (χ2v) is 6.07. The van der Waals surface area contributed by atoms with E-state index in [1.54, 1.807) is 12.1 Å². The Morgan fingerprint density at radius 2 is 2.04 bits per heavy atom. The number of benzene rings is 2. The van der Waals surface area contributed by atoms with Crippen LogP contribution in [0.2, 0.25) is 5.02 Å². The van der Waals surface area contributed by atoms with Gasteiger partial charge in [-0.05, 0) is 52.7 Å². The fourth-order valence-electron chi connectivity index (χ4n) is 1.86. The molecule has 6 nitrogen and oxygen atoms in total. The summed E-state index contributed by atoms with van der Waals surface area (Å²) < 4.78 is 0.785. The van der Waals surface area contributed by atoms with Crippen molar-refractivity contribution in [1.29, 1.82) is 0 Å². The normalized spacial score (nSPS) is 10.2. The van der Waals surface area contributed by atoms with Crippen molar-refractivity contribution in [2.45, 2.75) is 6.92 Å². The maximum atomic E-state index is 12.0. The first-order valence-corrected chi connectivity index (χ1v) is 7.77. The summed E-state index contributed by atoms with van der Waals surface area (Å²) in [6, 6.07) is 9.85. The lowest BCUT2D eigenvalue weighted by Gasteiger charge is -2.10. The fourth-order valence-corrected chi connectivity index (χ4v) is 2.64. The van der Waals surface area contributed by atoms with Gasteiger partial charge in [-0.25, -0.2) is 0 Å². The molecule has 0 aliphatic rings. The molecule has 0 aliphatic carbocycles. The summed E-state index contributed by atoms with van der Waals surface area (Å²) >= 11 is 9.12. The zero-order valence-electron chi connectivity index (χ0n) is 12.1. The van der Waals surface area contributed by atoms with E-state index < -0.39 is 4.92 Å². The minimum absolute atomic E-state index is 0.0287. The molecular formula is C15H13BrClN3O3. The van der Waals surface area contributed by atoms with Gasteiger partial charge in [-0.1, -0.05) is 17.7 Å². The molecule has 0 spiro atoms. The van der Waals surface area contributed by atoms with Crippen LogP contribution in [0.25, 0.3) is 0 Å². The maximum absolute atomic E-state index is 12.0. The Morgan fingerprint density at radius 1 is 1.30 bits per heavy atom. The van der Waals surface area contributed by atoms with Gasteiger partial charge in [0.15, 0.2) is 0 Å². The largest absolute Gasteiger partial charge is 0.376 e. The lowest BCUT2D eigenvalue weighted by atomic mass is 10.2. The van der Waals surface area contributed by atoms with Crippen LogP contribution in [0, 0.1) is 17.0 Å². The third-order valence-corrected chi connectivity index (χ3v) is 3.97. The van der Waals surface area contributed by atoms with Gasteiger partial charge in [-0.3, -0.25) is 14.9 Å². The molecule has 0 bridgehead atoms. The standard InChI is InChI=1S/C15H13BrClN3O3/c1-9-2-5-13(11(16)6-9)19-15(21)8-18-10-3-4-12(17)14(7-10)20(22)23/h2-7,18H,8H2,1H3,(H,19,21). The smallest absolute Gasteiger partial charge is 0.289 e. The van der Waals surface area contributed by atoms with E-state index in [1.165, 1.54) is 12.1 Å². The highest BCUT2D eigenvalue weighted by Crippen LogP contribution is 2.27. The summed E-state index contributed by atoms with van der Waals surface area (Å²) in [7, 11) is 0. The number of nitro groups is 1. The van der Waals surface area contributed by atoms with Crippen molar-refractivity contribution in [1.82, 2.24) is 0 Å². The van der Waals surface area contributed by atoms with Gasteiger partial charge in [-0.15, -0.1) is 0 Å². The van der Waals surface area contributed by atoms with Crippen molar-refractivity contribution in [3.8, 4) is 0 Å². The number of nitro benzene ring substituents is 1. The van der Waals surface area contributed by atoms with E-state index in [0.29, 0.717) is 11.4 Å².